The van der Waals surface area contributed by atoms with Gasteiger partial charge in [-0.1, -0.05) is 22.9 Å². The molecule has 4 nitrogen and oxygen atoms in total. The molecule has 2 aromatic carbocycles. The van der Waals surface area contributed by atoms with E-state index < -0.39 is 0 Å². The molecule has 1 aromatic heterocycles. The highest BCUT2D eigenvalue weighted by atomic mass is 35.5. The lowest BCUT2D eigenvalue weighted by atomic mass is 10.3. The molecular formula is C21H24Cl2FN3OS2. The first-order valence-corrected chi connectivity index (χ1v) is 11.5. The molecule has 0 saturated carbocycles. The Morgan fingerprint density at radius 1 is 1.17 bits per heavy atom. The molecule has 0 atom stereocenters. The Hall–Kier alpha value is -1.38. The highest BCUT2D eigenvalue weighted by Gasteiger charge is 2.19. The van der Waals surface area contributed by atoms with Crippen molar-refractivity contribution < 1.29 is 9.18 Å². The third-order valence-electron chi connectivity index (χ3n) is 4.26. The number of thiazole rings is 1. The number of nitrogens with zero attached hydrogens (tertiary/aromatic N) is 3. The Kier molecular flexibility index (Phi) is 9.84. The van der Waals surface area contributed by atoms with Gasteiger partial charge >= 0.3 is 0 Å². The first kappa shape index (κ1) is 24.9. The molecule has 0 N–H and O–H groups in total. The maximum absolute atomic E-state index is 13.5. The Labute approximate surface area is 195 Å². The average molecular weight is 488 g/mol. The minimum Gasteiger partial charge on any atom is -0.308 e. The number of aromatic nitrogens is 1. The van der Waals surface area contributed by atoms with E-state index in [0.29, 0.717) is 23.6 Å². The van der Waals surface area contributed by atoms with Crippen molar-refractivity contribution in [2.45, 2.75) is 17.7 Å². The van der Waals surface area contributed by atoms with Crippen LogP contribution < -0.4 is 4.90 Å². The number of rotatable bonds is 9. The number of halogens is 3. The third-order valence-corrected chi connectivity index (χ3v) is 6.65. The summed E-state index contributed by atoms with van der Waals surface area (Å²) in [5, 5.41) is 1.35. The monoisotopic (exact) mass is 487 g/mol. The third kappa shape index (κ3) is 7.10. The number of fused-ring (bicyclic) bond motifs is 1. The van der Waals surface area contributed by atoms with Gasteiger partial charge in [-0.3, -0.25) is 9.69 Å². The summed E-state index contributed by atoms with van der Waals surface area (Å²) in [4.78, 5) is 22.4. The van der Waals surface area contributed by atoms with Gasteiger partial charge in [0.25, 0.3) is 0 Å². The van der Waals surface area contributed by atoms with E-state index in [1.54, 1.807) is 22.7 Å². The summed E-state index contributed by atoms with van der Waals surface area (Å²) < 4.78 is 14.3. The van der Waals surface area contributed by atoms with Crippen molar-refractivity contribution in [2.75, 3.05) is 37.8 Å². The van der Waals surface area contributed by atoms with Crippen LogP contribution in [0.15, 0.2) is 47.4 Å². The van der Waals surface area contributed by atoms with Gasteiger partial charge in [0.05, 0.1) is 10.2 Å². The molecule has 0 radical (unpaired) electrons. The molecular weight excluding hydrogens is 464 g/mol. The number of likely N-dealkylation sites (N-methyl/N-ethyl adjacent to an activating group) is 1. The van der Waals surface area contributed by atoms with Crippen molar-refractivity contribution in [3.05, 3.63) is 53.3 Å². The van der Waals surface area contributed by atoms with Crippen LogP contribution in [0.2, 0.25) is 5.02 Å². The Morgan fingerprint density at radius 3 is 2.60 bits per heavy atom. The number of amides is 1. The molecule has 30 heavy (non-hydrogen) atoms. The number of thioether (sulfide) groups is 1. The Morgan fingerprint density at radius 2 is 1.90 bits per heavy atom. The quantitative estimate of drug-likeness (QED) is 0.274. The van der Waals surface area contributed by atoms with Crippen molar-refractivity contribution in [2.24, 2.45) is 0 Å². The fourth-order valence-electron chi connectivity index (χ4n) is 2.71. The zero-order valence-corrected chi connectivity index (χ0v) is 20.0. The summed E-state index contributed by atoms with van der Waals surface area (Å²) in [7, 11) is 3.94. The number of carbonyl (C=O) groups excluding carboxylic acids is 1. The first-order valence-electron chi connectivity index (χ1n) is 9.32. The van der Waals surface area contributed by atoms with E-state index in [1.807, 2.05) is 43.3 Å². The van der Waals surface area contributed by atoms with Crippen LogP contribution in [-0.4, -0.2) is 48.7 Å². The zero-order valence-electron chi connectivity index (χ0n) is 16.8. The zero-order chi connectivity index (χ0) is 20.8. The van der Waals surface area contributed by atoms with Crippen LogP contribution in [0.3, 0.4) is 0 Å². The van der Waals surface area contributed by atoms with E-state index >= 15 is 0 Å². The van der Waals surface area contributed by atoms with Gasteiger partial charge in [0.15, 0.2) is 5.13 Å². The van der Waals surface area contributed by atoms with Crippen LogP contribution in [0, 0.1) is 5.82 Å². The van der Waals surface area contributed by atoms with Crippen LogP contribution in [0.4, 0.5) is 9.52 Å². The van der Waals surface area contributed by atoms with Crippen molar-refractivity contribution in [3.8, 4) is 0 Å². The topological polar surface area (TPSA) is 36.4 Å². The van der Waals surface area contributed by atoms with Gasteiger partial charge in [0, 0.05) is 29.4 Å². The summed E-state index contributed by atoms with van der Waals surface area (Å²) >= 11 is 8.97. The van der Waals surface area contributed by atoms with E-state index in [9.17, 15) is 9.18 Å². The molecule has 0 bridgehead atoms. The van der Waals surface area contributed by atoms with E-state index in [2.05, 4.69) is 4.98 Å². The Bertz CT molecular complexity index is 967. The second kappa shape index (κ2) is 11.9. The van der Waals surface area contributed by atoms with Crippen molar-refractivity contribution in [1.82, 2.24) is 9.88 Å². The van der Waals surface area contributed by atoms with Gasteiger partial charge in [0.2, 0.25) is 5.91 Å². The highest BCUT2D eigenvalue weighted by Crippen LogP contribution is 2.30. The molecule has 0 saturated heterocycles. The molecule has 0 aliphatic carbocycles. The summed E-state index contributed by atoms with van der Waals surface area (Å²) in [6.45, 7) is 1.29. The lowest BCUT2D eigenvalue weighted by Gasteiger charge is -2.22. The maximum Gasteiger partial charge on any atom is 0.228 e. The molecule has 0 fully saturated rings. The van der Waals surface area contributed by atoms with Gasteiger partial charge in [-0.05, 0) is 68.7 Å². The van der Waals surface area contributed by atoms with Gasteiger partial charge < -0.3 is 4.90 Å². The summed E-state index contributed by atoms with van der Waals surface area (Å²) in [5.41, 5.74) is 0.715. The lowest BCUT2D eigenvalue weighted by molar-refractivity contribution is -0.118. The van der Waals surface area contributed by atoms with Gasteiger partial charge in [-0.2, -0.15) is 0 Å². The molecule has 9 heteroatoms. The molecule has 162 valence electrons. The van der Waals surface area contributed by atoms with Gasteiger partial charge in [-0.25, -0.2) is 9.37 Å². The van der Waals surface area contributed by atoms with E-state index in [1.165, 1.54) is 23.5 Å². The second-order valence-electron chi connectivity index (χ2n) is 6.86. The molecule has 3 rings (SSSR count). The number of carbonyl (C=O) groups is 1. The normalized spacial score (nSPS) is 11.0. The number of anilines is 1. The minimum atomic E-state index is -0.293. The Balaban J connectivity index is 0.00000320. The molecule has 0 spiro atoms. The molecule has 0 aliphatic heterocycles. The molecule has 0 aliphatic rings. The van der Waals surface area contributed by atoms with Crippen LogP contribution >= 0.6 is 47.1 Å². The summed E-state index contributed by atoms with van der Waals surface area (Å²) in [6, 6.07) is 12.2. The highest BCUT2D eigenvalue weighted by molar-refractivity contribution is 7.99. The number of benzene rings is 2. The predicted molar refractivity (Wildman–Crippen MR) is 129 cm³/mol. The summed E-state index contributed by atoms with van der Waals surface area (Å²) in [5.74, 6) is 0.598. The van der Waals surface area contributed by atoms with Crippen molar-refractivity contribution >= 4 is 68.4 Å². The standard InChI is InChI=1S/C21H23ClFN3OS2.ClH/c1-25(2)11-12-26(21-24-18-10-7-16(23)14-19(18)29-21)20(27)4-3-13-28-17-8-5-15(22)6-9-17;/h5-10,14H,3-4,11-13H2,1-2H3;1H. The van der Waals surface area contributed by atoms with E-state index in [-0.39, 0.29) is 24.1 Å². The van der Waals surface area contributed by atoms with Gasteiger partial charge in [-0.15, -0.1) is 24.2 Å². The fourth-order valence-corrected chi connectivity index (χ4v) is 4.72. The average Bonchev–Trinajstić information content (AvgIpc) is 3.09. The predicted octanol–water partition coefficient (Wildman–Crippen LogP) is 5.98. The molecule has 1 amide bonds. The minimum absolute atomic E-state index is 0. The maximum atomic E-state index is 13.5. The largest absolute Gasteiger partial charge is 0.308 e. The van der Waals surface area contributed by atoms with Crippen LogP contribution in [0.25, 0.3) is 10.2 Å². The smallest absolute Gasteiger partial charge is 0.228 e. The number of hydrogen-bond acceptors (Lipinski definition) is 5. The van der Waals surface area contributed by atoms with Crippen LogP contribution in [0.5, 0.6) is 0 Å². The van der Waals surface area contributed by atoms with Crippen LogP contribution in [-0.2, 0) is 4.79 Å². The number of hydrogen-bond donors (Lipinski definition) is 0. The van der Waals surface area contributed by atoms with Crippen LogP contribution in [0.1, 0.15) is 12.8 Å². The SMILES string of the molecule is CN(C)CCN(C(=O)CCCSc1ccc(Cl)cc1)c1nc2ccc(F)cc2s1.Cl. The fraction of sp³-hybridized carbons (Fsp3) is 0.333. The summed E-state index contributed by atoms with van der Waals surface area (Å²) in [6.07, 6.45) is 1.21. The molecule has 3 aromatic rings. The second-order valence-corrected chi connectivity index (χ2v) is 9.48. The van der Waals surface area contributed by atoms with E-state index in [0.717, 1.165) is 33.3 Å². The van der Waals surface area contributed by atoms with E-state index in [4.69, 9.17) is 11.6 Å². The van der Waals surface area contributed by atoms with Crippen molar-refractivity contribution in [3.63, 3.8) is 0 Å². The lowest BCUT2D eigenvalue weighted by Crippen LogP contribution is -2.36. The first-order chi connectivity index (χ1) is 13.9. The van der Waals surface area contributed by atoms with Crippen molar-refractivity contribution in [1.29, 1.82) is 0 Å². The molecule has 1 heterocycles. The molecule has 0 unspecified atom stereocenters. The van der Waals surface area contributed by atoms with Gasteiger partial charge in [0.1, 0.15) is 5.82 Å².